The second-order valence-corrected chi connectivity index (χ2v) is 3.99. The summed E-state index contributed by atoms with van der Waals surface area (Å²) in [6, 6.07) is 11.3. The number of nitrogens with zero attached hydrogens (tertiary/aromatic N) is 2. The van der Waals surface area contributed by atoms with E-state index in [2.05, 4.69) is 48.7 Å². The Kier molecular flexibility index (Phi) is 7.47. The number of piperazine rings is 1. The van der Waals surface area contributed by atoms with Gasteiger partial charge in [0.15, 0.2) is 0 Å². The standard InChI is InChI=1S/C12H17N2.BrH.Zn/c1-13-7-9-14(10-8-13)11-12-5-3-2-4-6-12;;/h3-6H,7-11H2,1H3;1H;/q-1;;+2/p-1. The predicted octanol–water partition coefficient (Wildman–Crippen LogP) is 2.08. The van der Waals surface area contributed by atoms with Crippen molar-refractivity contribution in [2.45, 2.75) is 6.54 Å². The van der Waals surface area contributed by atoms with Gasteiger partial charge in [-0.2, -0.15) is 30.3 Å². The van der Waals surface area contributed by atoms with E-state index in [-0.39, 0.29) is 0 Å². The zero-order valence-electron chi connectivity index (χ0n) is 9.82. The van der Waals surface area contributed by atoms with Crippen LogP contribution in [0.2, 0.25) is 0 Å². The van der Waals surface area contributed by atoms with Crippen LogP contribution in [0.15, 0.2) is 24.3 Å². The minimum absolute atomic E-state index is 1.09. The third-order valence-electron chi connectivity index (χ3n) is 2.79. The van der Waals surface area contributed by atoms with Crippen molar-refractivity contribution in [3.05, 3.63) is 35.9 Å². The summed E-state index contributed by atoms with van der Waals surface area (Å²) >= 11 is 4.25. The van der Waals surface area contributed by atoms with Crippen LogP contribution in [-0.2, 0) is 22.9 Å². The molecule has 0 unspecified atom stereocenters. The van der Waals surface area contributed by atoms with E-state index in [4.69, 9.17) is 0 Å². The van der Waals surface area contributed by atoms with E-state index in [0.29, 0.717) is 0 Å². The molecule has 84 valence electrons. The molecule has 0 saturated carbocycles. The molecule has 0 aromatic heterocycles. The summed E-state index contributed by atoms with van der Waals surface area (Å²) in [6.45, 7) is 5.85. The molecule has 1 aromatic rings. The van der Waals surface area contributed by atoms with Crippen molar-refractivity contribution in [2.24, 2.45) is 0 Å². The van der Waals surface area contributed by atoms with Crippen molar-refractivity contribution in [2.75, 3.05) is 33.2 Å². The molecule has 16 heavy (non-hydrogen) atoms. The molecule has 1 heterocycles. The Morgan fingerprint density at radius 3 is 2.31 bits per heavy atom. The van der Waals surface area contributed by atoms with Crippen molar-refractivity contribution in [1.29, 1.82) is 0 Å². The molecule has 1 saturated heterocycles. The van der Waals surface area contributed by atoms with Crippen LogP contribution in [0.25, 0.3) is 0 Å². The van der Waals surface area contributed by atoms with E-state index in [9.17, 15) is 0 Å². The third-order valence-corrected chi connectivity index (χ3v) is 2.79. The fourth-order valence-electron chi connectivity index (χ4n) is 1.79. The molecule has 0 radical (unpaired) electrons. The van der Waals surface area contributed by atoms with Crippen LogP contribution in [0.1, 0.15) is 5.56 Å². The van der Waals surface area contributed by atoms with Gasteiger partial charge in [-0.15, -0.1) is 5.56 Å². The van der Waals surface area contributed by atoms with Gasteiger partial charge in [-0.05, 0) is 7.05 Å². The average Bonchev–Trinajstić information content (AvgIpc) is 2.36. The maximum absolute atomic E-state index is 3.06. The first-order valence-corrected chi connectivity index (χ1v) is 12.4. The Labute approximate surface area is 115 Å². The summed E-state index contributed by atoms with van der Waals surface area (Å²) in [5.74, 6) is 0. The SMILES string of the molecule is CN1CCN(Cc2cc[c-]cc2)CC1.[Zn+][Br]. The van der Waals surface area contributed by atoms with Crippen LogP contribution >= 0.6 is 13.6 Å². The molecule has 1 aliphatic heterocycles. The van der Waals surface area contributed by atoms with Crippen molar-refractivity contribution in [3.8, 4) is 0 Å². The van der Waals surface area contributed by atoms with Gasteiger partial charge in [-0.1, -0.05) is 0 Å². The van der Waals surface area contributed by atoms with Gasteiger partial charge in [0, 0.05) is 32.7 Å². The molecule has 2 nitrogen and oxygen atoms in total. The summed E-state index contributed by atoms with van der Waals surface area (Å²) in [5.41, 5.74) is 1.40. The summed E-state index contributed by atoms with van der Waals surface area (Å²) in [7, 11) is 2.19. The Bertz CT molecular complexity index is 274. The summed E-state index contributed by atoms with van der Waals surface area (Å²) in [4.78, 5) is 4.89. The van der Waals surface area contributed by atoms with Crippen LogP contribution in [0.3, 0.4) is 0 Å². The van der Waals surface area contributed by atoms with Crippen LogP contribution in [0.4, 0.5) is 0 Å². The molecular formula is C12H17BrN2Zn. The van der Waals surface area contributed by atoms with Gasteiger partial charge >= 0.3 is 30.0 Å². The Hall–Kier alpha value is 0.243. The van der Waals surface area contributed by atoms with Gasteiger partial charge in [-0.25, -0.2) is 0 Å². The zero-order valence-corrected chi connectivity index (χ0v) is 14.4. The number of likely N-dealkylation sites (N-methyl/N-ethyl adjacent to an activating group) is 1. The topological polar surface area (TPSA) is 6.48 Å². The molecule has 4 heteroatoms. The van der Waals surface area contributed by atoms with E-state index in [1.807, 2.05) is 12.1 Å². The van der Waals surface area contributed by atoms with Gasteiger partial charge in [0.25, 0.3) is 0 Å². The summed E-state index contributed by atoms with van der Waals surface area (Å²) in [6.07, 6.45) is 0. The van der Waals surface area contributed by atoms with Crippen LogP contribution in [0, 0.1) is 6.07 Å². The number of hydrogen-bond acceptors (Lipinski definition) is 2. The number of hydrogen-bond donors (Lipinski definition) is 0. The molecule has 0 bridgehead atoms. The van der Waals surface area contributed by atoms with Gasteiger partial charge in [0.05, 0.1) is 0 Å². The van der Waals surface area contributed by atoms with Gasteiger partial charge in [-0.3, -0.25) is 4.90 Å². The Balaban J connectivity index is 0.000000606. The van der Waals surface area contributed by atoms with Crippen molar-refractivity contribution < 1.29 is 16.3 Å². The molecule has 2 rings (SSSR count). The van der Waals surface area contributed by atoms with Crippen molar-refractivity contribution >= 4 is 13.6 Å². The van der Waals surface area contributed by atoms with E-state index in [1.54, 1.807) is 0 Å². The van der Waals surface area contributed by atoms with E-state index >= 15 is 0 Å². The Morgan fingerprint density at radius 2 is 1.75 bits per heavy atom. The van der Waals surface area contributed by atoms with Crippen molar-refractivity contribution in [3.63, 3.8) is 0 Å². The normalized spacial score (nSPS) is 17.8. The first-order chi connectivity index (χ1) is 7.84. The molecule has 0 aliphatic carbocycles. The number of rotatable bonds is 2. The third kappa shape index (κ3) is 5.05. The number of halogens is 1. The molecule has 1 fully saturated rings. The van der Waals surface area contributed by atoms with Gasteiger partial charge < -0.3 is 4.90 Å². The van der Waals surface area contributed by atoms with Gasteiger partial charge in [0.2, 0.25) is 0 Å². The first kappa shape index (κ1) is 14.3. The summed E-state index contributed by atoms with van der Waals surface area (Å²) in [5, 5.41) is 0. The zero-order chi connectivity index (χ0) is 11.8. The average molecular weight is 335 g/mol. The molecular weight excluding hydrogens is 317 g/mol. The second kappa shape index (κ2) is 8.35. The molecule has 0 spiro atoms. The maximum atomic E-state index is 3.06. The fraction of sp³-hybridized carbons (Fsp3) is 0.500. The van der Waals surface area contributed by atoms with Crippen LogP contribution in [0.5, 0.6) is 0 Å². The van der Waals surface area contributed by atoms with E-state index < -0.39 is 0 Å². The molecule has 1 aromatic carbocycles. The molecule has 0 N–H and O–H groups in total. The van der Waals surface area contributed by atoms with Crippen molar-refractivity contribution in [1.82, 2.24) is 9.80 Å². The second-order valence-electron chi connectivity index (χ2n) is 3.99. The van der Waals surface area contributed by atoms with Gasteiger partial charge in [0.1, 0.15) is 0 Å². The monoisotopic (exact) mass is 332 g/mol. The molecule has 0 atom stereocenters. The number of benzene rings is 1. The predicted molar refractivity (Wildman–Crippen MR) is 67.0 cm³/mol. The van der Waals surface area contributed by atoms with Crippen LogP contribution < -0.4 is 0 Å². The molecule has 0 amide bonds. The Morgan fingerprint density at radius 1 is 1.19 bits per heavy atom. The molecule has 1 aliphatic rings. The summed E-state index contributed by atoms with van der Waals surface area (Å²) < 4.78 is 0. The fourth-order valence-corrected chi connectivity index (χ4v) is 1.79. The quantitative estimate of drug-likeness (QED) is 0.603. The van der Waals surface area contributed by atoms with Crippen LogP contribution in [-0.4, -0.2) is 43.0 Å². The van der Waals surface area contributed by atoms with E-state index in [0.717, 1.165) is 6.54 Å². The van der Waals surface area contributed by atoms with E-state index in [1.165, 1.54) is 48.1 Å². The minimum atomic E-state index is 1.09. The first-order valence-electron chi connectivity index (χ1n) is 5.47.